The number of carbonyl (C=O) groups excluding carboxylic acids is 1. The van der Waals surface area contributed by atoms with E-state index in [0.29, 0.717) is 38.9 Å². The standard InChI is InChI=1S/C24H18ClNO3S2/c25-18-8-6-9-19(16-18)26-23(27)22(31-24(26)30)15-17-7-4-5-12-21(17)29-14-13-28-20-10-2-1-3-11-20/h1-12,15-16H,13-14H2. The number of thiocarbonyl (C=S) groups is 1. The lowest BCUT2D eigenvalue weighted by atomic mass is 10.2. The lowest BCUT2D eigenvalue weighted by Crippen LogP contribution is -2.27. The Labute approximate surface area is 195 Å². The Kier molecular flexibility index (Phi) is 6.92. The number of ether oxygens (including phenoxy) is 2. The zero-order valence-corrected chi connectivity index (χ0v) is 18.8. The van der Waals surface area contributed by atoms with E-state index in [1.165, 1.54) is 16.7 Å². The molecule has 0 spiro atoms. The molecule has 4 rings (SSSR count). The van der Waals surface area contributed by atoms with Gasteiger partial charge in [-0.15, -0.1) is 0 Å². The maximum Gasteiger partial charge on any atom is 0.270 e. The van der Waals surface area contributed by atoms with Crippen molar-refractivity contribution >= 4 is 57.6 Å². The van der Waals surface area contributed by atoms with E-state index in [-0.39, 0.29) is 5.91 Å². The molecule has 1 aliphatic rings. The molecule has 1 saturated heterocycles. The Balaban J connectivity index is 1.46. The van der Waals surface area contributed by atoms with Crippen molar-refractivity contribution in [2.75, 3.05) is 18.1 Å². The van der Waals surface area contributed by atoms with E-state index < -0.39 is 0 Å². The van der Waals surface area contributed by atoms with E-state index in [0.717, 1.165) is 11.3 Å². The van der Waals surface area contributed by atoms with Crippen LogP contribution in [-0.2, 0) is 4.79 Å². The van der Waals surface area contributed by atoms with E-state index in [1.807, 2.05) is 60.7 Å². The largest absolute Gasteiger partial charge is 0.490 e. The van der Waals surface area contributed by atoms with Gasteiger partial charge in [0.1, 0.15) is 24.7 Å². The molecular weight excluding hydrogens is 450 g/mol. The zero-order chi connectivity index (χ0) is 21.6. The summed E-state index contributed by atoms with van der Waals surface area (Å²) in [5, 5.41) is 0.548. The Morgan fingerprint density at radius 1 is 0.935 bits per heavy atom. The molecule has 3 aromatic rings. The van der Waals surface area contributed by atoms with Gasteiger partial charge in [-0.3, -0.25) is 9.69 Å². The summed E-state index contributed by atoms with van der Waals surface area (Å²) in [7, 11) is 0. The molecule has 1 amide bonds. The maximum absolute atomic E-state index is 13.0. The van der Waals surface area contributed by atoms with E-state index in [9.17, 15) is 4.79 Å². The van der Waals surface area contributed by atoms with Crippen molar-refractivity contribution in [3.05, 3.63) is 94.4 Å². The predicted octanol–water partition coefficient (Wildman–Crippen LogP) is 6.20. The molecule has 31 heavy (non-hydrogen) atoms. The van der Waals surface area contributed by atoms with Gasteiger partial charge in [-0.25, -0.2) is 0 Å². The first-order valence-electron chi connectivity index (χ1n) is 9.55. The number of amides is 1. The fourth-order valence-corrected chi connectivity index (χ4v) is 4.48. The lowest BCUT2D eigenvalue weighted by molar-refractivity contribution is -0.113. The Hall–Kier alpha value is -2.80. The molecule has 3 aromatic carbocycles. The third-order valence-electron chi connectivity index (χ3n) is 4.42. The van der Waals surface area contributed by atoms with Gasteiger partial charge in [0.15, 0.2) is 4.32 Å². The number of para-hydroxylation sites is 2. The van der Waals surface area contributed by atoms with Gasteiger partial charge < -0.3 is 9.47 Å². The van der Waals surface area contributed by atoms with Gasteiger partial charge in [0, 0.05) is 10.6 Å². The van der Waals surface area contributed by atoms with Gasteiger partial charge in [0.25, 0.3) is 5.91 Å². The van der Waals surface area contributed by atoms with Crippen LogP contribution in [0, 0.1) is 0 Å². The molecule has 7 heteroatoms. The minimum absolute atomic E-state index is 0.181. The van der Waals surface area contributed by atoms with Gasteiger partial charge in [0.2, 0.25) is 0 Å². The maximum atomic E-state index is 13.0. The molecule has 0 aromatic heterocycles. The van der Waals surface area contributed by atoms with Gasteiger partial charge in [-0.2, -0.15) is 0 Å². The van der Waals surface area contributed by atoms with Crippen molar-refractivity contribution in [2.24, 2.45) is 0 Å². The monoisotopic (exact) mass is 467 g/mol. The highest BCUT2D eigenvalue weighted by molar-refractivity contribution is 8.27. The van der Waals surface area contributed by atoms with Crippen molar-refractivity contribution in [1.29, 1.82) is 0 Å². The molecular formula is C24H18ClNO3S2. The fourth-order valence-electron chi connectivity index (χ4n) is 3.01. The second-order valence-electron chi connectivity index (χ2n) is 6.54. The van der Waals surface area contributed by atoms with Crippen LogP contribution in [0.2, 0.25) is 5.02 Å². The molecule has 4 nitrogen and oxygen atoms in total. The second kappa shape index (κ2) is 10.0. The molecule has 0 N–H and O–H groups in total. The van der Waals surface area contributed by atoms with Crippen molar-refractivity contribution in [2.45, 2.75) is 0 Å². The number of carbonyl (C=O) groups is 1. The second-order valence-corrected chi connectivity index (χ2v) is 8.66. The number of nitrogens with zero attached hydrogens (tertiary/aromatic N) is 1. The molecule has 1 fully saturated rings. The number of hydrogen-bond acceptors (Lipinski definition) is 5. The number of hydrogen-bond donors (Lipinski definition) is 0. The topological polar surface area (TPSA) is 38.8 Å². The Morgan fingerprint density at radius 2 is 1.68 bits per heavy atom. The molecule has 1 heterocycles. The van der Waals surface area contributed by atoms with Crippen LogP contribution >= 0.6 is 35.6 Å². The van der Waals surface area contributed by atoms with Gasteiger partial charge in [0.05, 0.1) is 10.6 Å². The van der Waals surface area contributed by atoms with Crippen LogP contribution in [-0.4, -0.2) is 23.4 Å². The highest BCUT2D eigenvalue weighted by Gasteiger charge is 2.33. The van der Waals surface area contributed by atoms with Crippen molar-refractivity contribution < 1.29 is 14.3 Å². The normalized spacial score (nSPS) is 14.9. The van der Waals surface area contributed by atoms with Gasteiger partial charge in [-0.05, 0) is 42.5 Å². The van der Waals surface area contributed by atoms with E-state index in [2.05, 4.69) is 0 Å². The van der Waals surface area contributed by atoms with Gasteiger partial charge >= 0.3 is 0 Å². The molecule has 0 unspecified atom stereocenters. The molecule has 1 aliphatic heterocycles. The highest BCUT2D eigenvalue weighted by atomic mass is 35.5. The number of halogens is 1. The summed E-state index contributed by atoms with van der Waals surface area (Å²) in [5.74, 6) is 1.29. The van der Waals surface area contributed by atoms with Crippen LogP contribution in [0.4, 0.5) is 5.69 Å². The number of rotatable bonds is 7. The SMILES string of the molecule is O=C1C(=Cc2ccccc2OCCOc2ccccc2)SC(=S)N1c1cccc(Cl)c1. The summed E-state index contributed by atoms with van der Waals surface area (Å²) in [5.41, 5.74) is 1.45. The summed E-state index contributed by atoms with van der Waals surface area (Å²) in [6.45, 7) is 0.790. The third kappa shape index (κ3) is 5.28. The minimum atomic E-state index is -0.181. The fraction of sp³-hybridized carbons (Fsp3) is 0.0833. The van der Waals surface area contributed by atoms with Crippen molar-refractivity contribution in [1.82, 2.24) is 0 Å². The molecule has 0 bridgehead atoms. The average molecular weight is 468 g/mol. The Morgan fingerprint density at radius 3 is 2.48 bits per heavy atom. The third-order valence-corrected chi connectivity index (χ3v) is 5.96. The number of benzene rings is 3. The Bertz CT molecular complexity index is 1130. The summed E-state index contributed by atoms with van der Waals surface area (Å²) in [4.78, 5) is 15.0. The smallest absolute Gasteiger partial charge is 0.270 e. The molecule has 0 saturated carbocycles. The molecule has 0 radical (unpaired) electrons. The average Bonchev–Trinajstić information content (AvgIpc) is 3.06. The van der Waals surface area contributed by atoms with E-state index in [4.69, 9.17) is 33.3 Å². The molecule has 156 valence electrons. The van der Waals surface area contributed by atoms with Crippen LogP contribution in [0.15, 0.2) is 83.8 Å². The van der Waals surface area contributed by atoms with Crippen LogP contribution in [0.1, 0.15) is 5.56 Å². The van der Waals surface area contributed by atoms with Crippen LogP contribution in [0.3, 0.4) is 0 Å². The summed E-state index contributed by atoms with van der Waals surface area (Å²) >= 11 is 12.8. The lowest BCUT2D eigenvalue weighted by Gasteiger charge is -2.14. The highest BCUT2D eigenvalue weighted by Crippen LogP contribution is 2.37. The van der Waals surface area contributed by atoms with E-state index >= 15 is 0 Å². The van der Waals surface area contributed by atoms with Crippen LogP contribution < -0.4 is 14.4 Å². The summed E-state index contributed by atoms with van der Waals surface area (Å²) < 4.78 is 12.0. The number of thioether (sulfide) groups is 1. The van der Waals surface area contributed by atoms with Crippen LogP contribution in [0.25, 0.3) is 6.08 Å². The zero-order valence-electron chi connectivity index (χ0n) is 16.4. The first kappa shape index (κ1) is 21.4. The van der Waals surface area contributed by atoms with Crippen molar-refractivity contribution in [3.63, 3.8) is 0 Å². The summed E-state index contributed by atoms with van der Waals surface area (Å²) in [6, 6.07) is 24.2. The first-order chi connectivity index (χ1) is 15.1. The van der Waals surface area contributed by atoms with Crippen molar-refractivity contribution in [3.8, 4) is 11.5 Å². The first-order valence-corrected chi connectivity index (χ1v) is 11.2. The van der Waals surface area contributed by atoms with Crippen LogP contribution in [0.5, 0.6) is 11.5 Å². The van der Waals surface area contributed by atoms with Gasteiger partial charge in [-0.1, -0.05) is 78.0 Å². The summed E-state index contributed by atoms with van der Waals surface area (Å²) in [6.07, 6.45) is 1.80. The number of anilines is 1. The quantitative estimate of drug-likeness (QED) is 0.235. The van der Waals surface area contributed by atoms with E-state index in [1.54, 1.807) is 24.3 Å². The minimum Gasteiger partial charge on any atom is -0.490 e. The molecule has 0 aliphatic carbocycles. The molecule has 0 atom stereocenters. The predicted molar refractivity (Wildman–Crippen MR) is 131 cm³/mol.